The number of aromatic nitrogens is 2. The number of thioether (sulfide) groups is 1. The maximum atomic E-state index is 4.87. The van der Waals surface area contributed by atoms with Crippen LogP contribution in [0.25, 0.3) is 12.2 Å². The molecule has 0 fully saturated rings. The Labute approximate surface area is 98.6 Å². The van der Waals surface area contributed by atoms with Crippen molar-refractivity contribution < 1.29 is 4.52 Å². The molecular weight excluding hydrogens is 220 g/mol. The highest BCUT2D eigenvalue weighted by Crippen LogP contribution is 2.15. The second kappa shape index (κ2) is 4.99. The second-order valence-corrected chi connectivity index (χ2v) is 4.16. The van der Waals surface area contributed by atoms with Crippen molar-refractivity contribution in [1.82, 2.24) is 10.1 Å². The quantitative estimate of drug-likeness (QED) is 0.761. The predicted molar refractivity (Wildman–Crippen MR) is 66.2 cm³/mol. The third-order valence-corrected chi connectivity index (χ3v) is 2.83. The van der Waals surface area contributed by atoms with Gasteiger partial charge in [0.15, 0.2) is 5.82 Å². The lowest BCUT2D eigenvalue weighted by atomic mass is 10.2. The highest BCUT2D eigenvalue weighted by Gasteiger charge is 1.96. The van der Waals surface area contributed by atoms with E-state index in [0.717, 1.165) is 5.56 Å². The van der Waals surface area contributed by atoms with E-state index in [1.807, 2.05) is 12.2 Å². The van der Waals surface area contributed by atoms with Crippen LogP contribution in [-0.4, -0.2) is 16.4 Å². The first-order valence-electron chi connectivity index (χ1n) is 4.90. The largest absolute Gasteiger partial charge is 0.339 e. The average molecular weight is 232 g/mol. The molecule has 1 aromatic carbocycles. The molecule has 0 aliphatic heterocycles. The van der Waals surface area contributed by atoms with Gasteiger partial charge in [0.2, 0.25) is 5.89 Å². The molecule has 1 heterocycles. The molecule has 1 aromatic heterocycles. The van der Waals surface area contributed by atoms with Crippen LogP contribution >= 0.6 is 11.8 Å². The highest BCUT2D eigenvalue weighted by atomic mass is 32.2. The van der Waals surface area contributed by atoms with Crippen LogP contribution in [-0.2, 0) is 0 Å². The molecule has 0 amide bonds. The van der Waals surface area contributed by atoms with Gasteiger partial charge in [-0.2, -0.15) is 4.98 Å². The number of hydrogen-bond acceptors (Lipinski definition) is 4. The molecule has 2 rings (SSSR count). The lowest BCUT2D eigenvalue weighted by molar-refractivity contribution is 0.391. The van der Waals surface area contributed by atoms with Crippen molar-refractivity contribution in [2.75, 3.05) is 6.26 Å². The van der Waals surface area contributed by atoms with E-state index in [4.69, 9.17) is 4.52 Å². The van der Waals surface area contributed by atoms with Crippen LogP contribution in [0.3, 0.4) is 0 Å². The molecular formula is C12H12N2OS. The molecule has 0 unspecified atom stereocenters. The van der Waals surface area contributed by atoms with Crippen LogP contribution in [0.4, 0.5) is 0 Å². The molecule has 0 N–H and O–H groups in total. The van der Waals surface area contributed by atoms with Crippen molar-refractivity contribution in [3.8, 4) is 0 Å². The van der Waals surface area contributed by atoms with E-state index in [1.54, 1.807) is 18.7 Å². The van der Waals surface area contributed by atoms with Crippen LogP contribution in [0.5, 0.6) is 0 Å². The third kappa shape index (κ3) is 2.73. The fourth-order valence-corrected chi connectivity index (χ4v) is 1.68. The molecule has 4 heteroatoms. The van der Waals surface area contributed by atoms with Gasteiger partial charge in [-0.1, -0.05) is 23.4 Å². The van der Waals surface area contributed by atoms with Crippen molar-refractivity contribution in [3.05, 3.63) is 41.5 Å². The first-order chi connectivity index (χ1) is 7.78. The van der Waals surface area contributed by atoms with Crippen molar-refractivity contribution in [3.63, 3.8) is 0 Å². The van der Waals surface area contributed by atoms with Crippen LogP contribution in [0.1, 0.15) is 17.3 Å². The normalized spacial score (nSPS) is 11.1. The summed E-state index contributed by atoms with van der Waals surface area (Å²) in [6.07, 6.45) is 5.87. The van der Waals surface area contributed by atoms with Crippen molar-refractivity contribution in [2.24, 2.45) is 0 Å². The van der Waals surface area contributed by atoms with Gasteiger partial charge < -0.3 is 4.52 Å². The summed E-state index contributed by atoms with van der Waals surface area (Å²) in [6, 6.07) is 8.31. The molecule has 82 valence electrons. The first-order valence-corrected chi connectivity index (χ1v) is 6.13. The van der Waals surface area contributed by atoms with Gasteiger partial charge in [0.05, 0.1) is 0 Å². The van der Waals surface area contributed by atoms with Gasteiger partial charge in [-0.15, -0.1) is 11.8 Å². The van der Waals surface area contributed by atoms with Crippen molar-refractivity contribution >= 4 is 23.9 Å². The lowest BCUT2D eigenvalue weighted by Crippen LogP contribution is -1.76. The Morgan fingerprint density at radius 1 is 1.19 bits per heavy atom. The standard InChI is InChI=1S/C12H12N2OS/c1-9-13-12(14-15-9)8-5-10-3-6-11(16-2)7-4-10/h3-8H,1-2H3. The van der Waals surface area contributed by atoms with Gasteiger partial charge in [-0.3, -0.25) is 0 Å². The summed E-state index contributed by atoms with van der Waals surface area (Å²) in [4.78, 5) is 5.35. The van der Waals surface area contributed by atoms with Crippen LogP contribution in [0.15, 0.2) is 33.7 Å². The molecule has 0 spiro atoms. The number of aryl methyl sites for hydroxylation is 1. The summed E-state index contributed by atoms with van der Waals surface area (Å²) in [6.45, 7) is 1.78. The molecule has 16 heavy (non-hydrogen) atoms. The number of benzene rings is 1. The SMILES string of the molecule is CSc1ccc(C=Cc2noc(C)n2)cc1. The summed E-state index contributed by atoms with van der Waals surface area (Å²) in [5, 5.41) is 3.79. The van der Waals surface area contributed by atoms with E-state index in [-0.39, 0.29) is 0 Å². The molecule has 0 aliphatic carbocycles. The molecule has 0 saturated heterocycles. The monoisotopic (exact) mass is 232 g/mol. The summed E-state index contributed by atoms with van der Waals surface area (Å²) in [7, 11) is 0. The highest BCUT2D eigenvalue weighted by molar-refractivity contribution is 7.98. The third-order valence-electron chi connectivity index (χ3n) is 2.08. The molecule has 0 aliphatic rings. The van der Waals surface area contributed by atoms with E-state index < -0.39 is 0 Å². The maximum Gasteiger partial charge on any atom is 0.223 e. The van der Waals surface area contributed by atoms with E-state index in [1.165, 1.54) is 4.90 Å². The zero-order valence-corrected chi connectivity index (χ0v) is 9.99. The summed E-state index contributed by atoms with van der Waals surface area (Å²) < 4.78 is 4.87. The Bertz CT molecular complexity index is 488. The Morgan fingerprint density at radius 3 is 2.50 bits per heavy atom. The van der Waals surface area contributed by atoms with E-state index >= 15 is 0 Å². The molecule has 2 aromatic rings. The minimum absolute atomic E-state index is 0.581. The summed E-state index contributed by atoms with van der Waals surface area (Å²) in [5.74, 6) is 1.18. The molecule has 0 atom stereocenters. The fourth-order valence-electron chi connectivity index (χ4n) is 1.27. The number of nitrogens with zero attached hydrogens (tertiary/aromatic N) is 2. The van der Waals surface area contributed by atoms with Gasteiger partial charge >= 0.3 is 0 Å². The lowest BCUT2D eigenvalue weighted by Gasteiger charge is -1.95. The van der Waals surface area contributed by atoms with Crippen molar-refractivity contribution in [2.45, 2.75) is 11.8 Å². The van der Waals surface area contributed by atoms with Gasteiger partial charge in [-0.05, 0) is 30.0 Å². The van der Waals surface area contributed by atoms with E-state index in [9.17, 15) is 0 Å². The van der Waals surface area contributed by atoms with E-state index in [0.29, 0.717) is 11.7 Å². The smallest absolute Gasteiger partial charge is 0.223 e. The Kier molecular flexibility index (Phi) is 3.41. The van der Waals surface area contributed by atoms with Crippen LogP contribution in [0.2, 0.25) is 0 Å². The Morgan fingerprint density at radius 2 is 1.94 bits per heavy atom. The van der Waals surface area contributed by atoms with Gasteiger partial charge in [0.25, 0.3) is 0 Å². The molecule has 0 bridgehead atoms. The summed E-state index contributed by atoms with van der Waals surface area (Å²) >= 11 is 1.73. The second-order valence-electron chi connectivity index (χ2n) is 3.28. The predicted octanol–water partition coefficient (Wildman–Crippen LogP) is 3.27. The zero-order chi connectivity index (χ0) is 11.4. The first kappa shape index (κ1) is 11.0. The van der Waals surface area contributed by atoms with Crippen molar-refractivity contribution in [1.29, 1.82) is 0 Å². The number of rotatable bonds is 3. The Balaban J connectivity index is 2.11. The van der Waals surface area contributed by atoms with Crippen LogP contribution in [0, 0.1) is 6.92 Å². The number of hydrogen-bond donors (Lipinski definition) is 0. The fraction of sp³-hybridized carbons (Fsp3) is 0.167. The summed E-state index contributed by atoms with van der Waals surface area (Å²) in [5.41, 5.74) is 1.13. The van der Waals surface area contributed by atoms with Gasteiger partial charge in [-0.25, -0.2) is 0 Å². The minimum atomic E-state index is 0.581. The average Bonchev–Trinajstić information content (AvgIpc) is 2.73. The zero-order valence-electron chi connectivity index (χ0n) is 9.18. The van der Waals surface area contributed by atoms with E-state index in [2.05, 4.69) is 40.7 Å². The Hall–Kier alpha value is -1.55. The van der Waals surface area contributed by atoms with Gasteiger partial charge in [0.1, 0.15) is 0 Å². The molecule has 0 radical (unpaired) electrons. The molecule has 3 nitrogen and oxygen atoms in total. The van der Waals surface area contributed by atoms with Gasteiger partial charge in [0, 0.05) is 11.8 Å². The topological polar surface area (TPSA) is 38.9 Å². The van der Waals surface area contributed by atoms with Crippen LogP contribution < -0.4 is 0 Å². The molecule has 0 saturated carbocycles. The maximum absolute atomic E-state index is 4.87. The minimum Gasteiger partial charge on any atom is -0.339 e.